The predicted octanol–water partition coefficient (Wildman–Crippen LogP) is 0.916. The van der Waals surface area contributed by atoms with E-state index in [0.29, 0.717) is 5.92 Å². The van der Waals surface area contributed by atoms with E-state index in [1.54, 1.807) is 0 Å². The summed E-state index contributed by atoms with van der Waals surface area (Å²) in [5.41, 5.74) is 0. The zero-order chi connectivity index (χ0) is 7.56. The van der Waals surface area contributed by atoms with Crippen molar-refractivity contribution in [2.45, 2.75) is 25.8 Å². The second-order valence-corrected chi connectivity index (χ2v) is 3.23. The number of likely N-dealkylation sites (N-methyl/N-ethyl adjacent to an activating group) is 1. The third-order valence-electron chi connectivity index (χ3n) is 2.40. The maximum Gasteiger partial charge on any atom is 0.137 e. The highest BCUT2D eigenvalue weighted by atomic mass is 16.1. The third kappa shape index (κ3) is 1.37. The van der Waals surface area contributed by atoms with Crippen LogP contribution >= 0.6 is 0 Å². The molecule has 0 aromatic carbocycles. The molecular formula is C8H15NO. The lowest BCUT2D eigenvalue weighted by atomic mass is 9.92. The van der Waals surface area contributed by atoms with Gasteiger partial charge in [-0.05, 0) is 32.4 Å². The highest BCUT2D eigenvalue weighted by Gasteiger charge is 2.24. The Kier molecular flexibility index (Phi) is 2.44. The number of rotatable bonds is 1. The molecule has 1 rings (SSSR count). The van der Waals surface area contributed by atoms with E-state index in [4.69, 9.17) is 0 Å². The Morgan fingerprint density at radius 3 is 2.70 bits per heavy atom. The van der Waals surface area contributed by atoms with E-state index in [9.17, 15) is 4.79 Å². The number of carbonyl (C=O) groups is 1. The zero-order valence-corrected chi connectivity index (χ0v) is 6.71. The van der Waals surface area contributed by atoms with Crippen LogP contribution in [0.25, 0.3) is 0 Å². The molecule has 2 nitrogen and oxygen atoms in total. The van der Waals surface area contributed by atoms with Crippen molar-refractivity contribution < 1.29 is 4.79 Å². The molecule has 0 spiro atoms. The fourth-order valence-corrected chi connectivity index (χ4v) is 1.65. The fraction of sp³-hybridized carbons (Fsp3) is 0.875. The molecule has 1 aliphatic rings. The van der Waals surface area contributed by atoms with E-state index < -0.39 is 0 Å². The van der Waals surface area contributed by atoms with Gasteiger partial charge >= 0.3 is 0 Å². The number of likely N-dealkylation sites (tertiary alicyclic amines) is 1. The van der Waals surface area contributed by atoms with Crippen molar-refractivity contribution >= 4 is 6.29 Å². The Labute approximate surface area is 62.2 Å². The van der Waals surface area contributed by atoms with Gasteiger partial charge in [0.2, 0.25) is 0 Å². The highest BCUT2D eigenvalue weighted by molar-refractivity contribution is 5.58. The lowest BCUT2D eigenvalue weighted by Crippen LogP contribution is -2.42. The molecule has 1 saturated heterocycles. The van der Waals surface area contributed by atoms with Gasteiger partial charge in [-0.2, -0.15) is 0 Å². The number of carbonyl (C=O) groups excluding carboxylic acids is 1. The SMILES string of the molecule is C[C@H]1CCCN(C)C1C=O. The van der Waals surface area contributed by atoms with Gasteiger partial charge in [0, 0.05) is 0 Å². The summed E-state index contributed by atoms with van der Waals surface area (Å²) in [6, 6.07) is 0.175. The van der Waals surface area contributed by atoms with Crippen LogP contribution in [-0.4, -0.2) is 30.8 Å². The van der Waals surface area contributed by atoms with E-state index in [1.807, 2.05) is 7.05 Å². The maximum atomic E-state index is 10.5. The number of hydrogen-bond donors (Lipinski definition) is 0. The Hall–Kier alpha value is -0.370. The van der Waals surface area contributed by atoms with Crippen molar-refractivity contribution in [1.82, 2.24) is 4.90 Å². The number of hydrogen-bond acceptors (Lipinski definition) is 2. The molecule has 1 aliphatic heterocycles. The summed E-state index contributed by atoms with van der Waals surface area (Å²) in [7, 11) is 2.02. The van der Waals surface area contributed by atoms with E-state index in [0.717, 1.165) is 12.8 Å². The van der Waals surface area contributed by atoms with Gasteiger partial charge < -0.3 is 4.79 Å². The first-order chi connectivity index (χ1) is 4.75. The van der Waals surface area contributed by atoms with Gasteiger partial charge in [-0.25, -0.2) is 0 Å². The number of aldehydes is 1. The van der Waals surface area contributed by atoms with Crippen LogP contribution < -0.4 is 0 Å². The Morgan fingerprint density at radius 1 is 1.60 bits per heavy atom. The van der Waals surface area contributed by atoms with E-state index in [1.165, 1.54) is 12.8 Å². The average Bonchev–Trinajstić information content (AvgIpc) is 1.88. The summed E-state index contributed by atoms with van der Waals surface area (Å²) in [4.78, 5) is 12.7. The van der Waals surface area contributed by atoms with Crippen LogP contribution in [-0.2, 0) is 4.79 Å². The standard InChI is InChI=1S/C8H15NO/c1-7-4-3-5-9(2)8(7)6-10/h6-8H,3-5H2,1-2H3/t7-,8?/m0/s1. The van der Waals surface area contributed by atoms with Gasteiger partial charge in [-0.3, -0.25) is 4.90 Å². The molecule has 58 valence electrons. The predicted molar refractivity (Wildman–Crippen MR) is 40.9 cm³/mol. The zero-order valence-electron chi connectivity index (χ0n) is 6.71. The van der Waals surface area contributed by atoms with Gasteiger partial charge in [-0.1, -0.05) is 6.92 Å². The first kappa shape index (κ1) is 7.73. The summed E-state index contributed by atoms with van der Waals surface area (Å²) < 4.78 is 0. The third-order valence-corrected chi connectivity index (χ3v) is 2.40. The van der Waals surface area contributed by atoms with Crippen LogP contribution in [0.4, 0.5) is 0 Å². The van der Waals surface area contributed by atoms with Gasteiger partial charge in [0.25, 0.3) is 0 Å². The summed E-state index contributed by atoms with van der Waals surface area (Å²) in [6.07, 6.45) is 3.51. The number of nitrogens with zero attached hydrogens (tertiary/aromatic N) is 1. The van der Waals surface area contributed by atoms with Crippen LogP contribution in [0, 0.1) is 5.92 Å². The fourth-order valence-electron chi connectivity index (χ4n) is 1.65. The first-order valence-corrected chi connectivity index (χ1v) is 3.91. The lowest BCUT2D eigenvalue weighted by molar-refractivity contribution is -0.114. The van der Waals surface area contributed by atoms with E-state index in [2.05, 4.69) is 11.8 Å². The molecule has 1 fully saturated rings. The van der Waals surface area contributed by atoms with Gasteiger partial charge in [0.05, 0.1) is 6.04 Å². The molecular weight excluding hydrogens is 126 g/mol. The lowest BCUT2D eigenvalue weighted by Gasteiger charge is -2.33. The molecule has 0 saturated carbocycles. The van der Waals surface area contributed by atoms with Crippen molar-refractivity contribution in [2.75, 3.05) is 13.6 Å². The Balaban J connectivity index is 2.53. The minimum atomic E-state index is 0.175. The second kappa shape index (κ2) is 3.15. The second-order valence-electron chi connectivity index (χ2n) is 3.23. The topological polar surface area (TPSA) is 20.3 Å². The summed E-state index contributed by atoms with van der Waals surface area (Å²) in [5.74, 6) is 0.552. The van der Waals surface area contributed by atoms with Crippen LogP contribution in [0.1, 0.15) is 19.8 Å². The Bertz CT molecular complexity index is 114. The highest BCUT2D eigenvalue weighted by Crippen LogP contribution is 2.19. The molecule has 2 heteroatoms. The number of piperidine rings is 1. The summed E-state index contributed by atoms with van der Waals surface area (Å²) in [6.45, 7) is 3.22. The van der Waals surface area contributed by atoms with Crippen LogP contribution in [0.2, 0.25) is 0 Å². The van der Waals surface area contributed by atoms with E-state index in [-0.39, 0.29) is 6.04 Å². The van der Waals surface area contributed by atoms with Crippen molar-refractivity contribution in [3.8, 4) is 0 Å². The molecule has 0 amide bonds. The molecule has 10 heavy (non-hydrogen) atoms. The first-order valence-electron chi connectivity index (χ1n) is 3.91. The molecule has 0 radical (unpaired) electrons. The molecule has 1 heterocycles. The molecule has 0 aromatic heterocycles. The molecule has 0 bridgehead atoms. The van der Waals surface area contributed by atoms with Crippen molar-refractivity contribution in [1.29, 1.82) is 0 Å². The largest absolute Gasteiger partial charge is 0.302 e. The van der Waals surface area contributed by atoms with Crippen LogP contribution in [0.5, 0.6) is 0 Å². The molecule has 1 unspecified atom stereocenters. The quantitative estimate of drug-likeness (QED) is 0.506. The Morgan fingerprint density at radius 2 is 2.30 bits per heavy atom. The molecule has 2 atom stereocenters. The van der Waals surface area contributed by atoms with Gasteiger partial charge in [-0.15, -0.1) is 0 Å². The normalized spacial score (nSPS) is 35.8. The summed E-state index contributed by atoms with van der Waals surface area (Å²) in [5, 5.41) is 0. The molecule has 0 aliphatic carbocycles. The van der Waals surface area contributed by atoms with Gasteiger partial charge in [0.15, 0.2) is 0 Å². The molecule has 0 N–H and O–H groups in total. The summed E-state index contributed by atoms with van der Waals surface area (Å²) >= 11 is 0. The average molecular weight is 141 g/mol. The van der Waals surface area contributed by atoms with Crippen molar-refractivity contribution in [3.05, 3.63) is 0 Å². The smallest absolute Gasteiger partial charge is 0.137 e. The van der Waals surface area contributed by atoms with Crippen molar-refractivity contribution in [3.63, 3.8) is 0 Å². The van der Waals surface area contributed by atoms with E-state index >= 15 is 0 Å². The minimum absolute atomic E-state index is 0.175. The van der Waals surface area contributed by atoms with Crippen molar-refractivity contribution in [2.24, 2.45) is 5.92 Å². The molecule has 0 aromatic rings. The minimum Gasteiger partial charge on any atom is -0.302 e. The van der Waals surface area contributed by atoms with Crippen LogP contribution in [0.15, 0.2) is 0 Å². The monoisotopic (exact) mass is 141 g/mol. The van der Waals surface area contributed by atoms with Crippen LogP contribution in [0.3, 0.4) is 0 Å². The maximum absolute atomic E-state index is 10.5. The van der Waals surface area contributed by atoms with Gasteiger partial charge in [0.1, 0.15) is 6.29 Å².